The molecule has 2 heterocycles. The number of aryl methyl sites for hydroxylation is 1. The van der Waals surface area contributed by atoms with Crippen molar-refractivity contribution in [1.29, 1.82) is 0 Å². The normalized spacial score (nSPS) is 17.2. The van der Waals surface area contributed by atoms with Gasteiger partial charge in [0.2, 0.25) is 5.43 Å². The zero-order chi connectivity index (χ0) is 21.3. The molecule has 1 atom stereocenters. The summed E-state index contributed by atoms with van der Waals surface area (Å²) in [7, 11) is 2.04. The third-order valence-electron chi connectivity index (χ3n) is 5.41. The van der Waals surface area contributed by atoms with E-state index in [4.69, 9.17) is 11.6 Å². The number of hydrogen-bond donors (Lipinski definition) is 0. The van der Waals surface area contributed by atoms with Crippen LogP contribution in [-0.2, 0) is 0 Å². The summed E-state index contributed by atoms with van der Waals surface area (Å²) in [5, 5.41) is 5.06. The topological polar surface area (TPSA) is 58.4 Å². The highest BCUT2D eigenvalue weighted by Crippen LogP contribution is 2.26. The second kappa shape index (κ2) is 8.42. The van der Waals surface area contributed by atoms with Crippen molar-refractivity contribution in [3.8, 4) is 5.69 Å². The molecule has 1 unspecified atom stereocenters. The lowest BCUT2D eigenvalue weighted by atomic mass is 10.0. The Morgan fingerprint density at radius 1 is 1.07 bits per heavy atom. The number of likely N-dealkylation sites (N-methyl/N-ethyl adjacent to an activating group) is 1. The molecule has 3 aromatic rings. The monoisotopic (exact) mass is 422 g/mol. The van der Waals surface area contributed by atoms with Crippen molar-refractivity contribution in [3.63, 3.8) is 0 Å². The molecule has 30 heavy (non-hydrogen) atoms. The Labute approximate surface area is 180 Å². The minimum Gasteiger partial charge on any atom is -0.328 e. The summed E-state index contributed by atoms with van der Waals surface area (Å²) < 4.78 is 1.61. The van der Waals surface area contributed by atoms with Crippen molar-refractivity contribution in [1.82, 2.24) is 19.6 Å². The van der Waals surface area contributed by atoms with Gasteiger partial charge in [-0.2, -0.15) is 5.10 Å². The highest BCUT2D eigenvalue weighted by Gasteiger charge is 2.32. The SMILES string of the molecule is Cc1cc(=O)c(C(=O)N2CCN(C)CC2c2ccccc2)nn1-c1ccc(Cl)cc1. The van der Waals surface area contributed by atoms with Crippen LogP contribution in [0.4, 0.5) is 0 Å². The molecule has 2 aromatic carbocycles. The maximum Gasteiger partial charge on any atom is 0.279 e. The number of halogens is 1. The zero-order valence-electron chi connectivity index (χ0n) is 17.0. The number of carbonyl (C=O) groups excluding carboxylic acids is 1. The lowest BCUT2D eigenvalue weighted by molar-refractivity contribution is 0.0489. The molecule has 4 rings (SSSR count). The van der Waals surface area contributed by atoms with Crippen LogP contribution in [0.15, 0.2) is 65.5 Å². The van der Waals surface area contributed by atoms with Crippen LogP contribution in [0.1, 0.15) is 27.8 Å². The fourth-order valence-corrected chi connectivity index (χ4v) is 3.92. The third kappa shape index (κ3) is 4.01. The predicted molar refractivity (Wildman–Crippen MR) is 117 cm³/mol. The molecule has 154 valence electrons. The van der Waals surface area contributed by atoms with E-state index in [1.54, 1.807) is 28.6 Å². The molecule has 0 N–H and O–H groups in total. The number of aromatic nitrogens is 2. The maximum atomic E-state index is 13.5. The average molecular weight is 423 g/mol. The van der Waals surface area contributed by atoms with Crippen LogP contribution >= 0.6 is 11.6 Å². The zero-order valence-corrected chi connectivity index (χ0v) is 17.7. The van der Waals surface area contributed by atoms with E-state index in [0.717, 1.165) is 17.8 Å². The van der Waals surface area contributed by atoms with Gasteiger partial charge in [-0.3, -0.25) is 9.59 Å². The van der Waals surface area contributed by atoms with E-state index in [1.807, 2.05) is 49.5 Å². The van der Waals surface area contributed by atoms with Gasteiger partial charge in [0.15, 0.2) is 5.69 Å². The first-order chi connectivity index (χ1) is 14.4. The highest BCUT2D eigenvalue weighted by molar-refractivity contribution is 6.30. The quantitative estimate of drug-likeness (QED) is 0.649. The Kier molecular flexibility index (Phi) is 5.70. The van der Waals surface area contributed by atoms with Gasteiger partial charge in [0, 0.05) is 36.4 Å². The Bertz CT molecular complexity index is 1110. The minimum absolute atomic E-state index is 0.0685. The molecule has 0 spiro atoms. The van der Waals surface area contributed by atoms with Crippen molar-refractivity contribution in [2.24, 2.45) is 0 Å². The fourth-order valence-electron chi connectivity index (χ4n) is 3.80. The summed E-state index contributed by atoms with van der Waals surface area (Å²) in [5.41, 5.74) is 2.00. The molecule has 0 radical (unpaired) electrons. The van der Waals surface area contributed by atoms with Gasteiger partial charge in [0.05, 0.1) is 11.7 Å². The summed E-state index contributed by atoms with van der Waals surface area (Å²) in [4.78, 5) is 30.1. The molecule has 1 aromatic heterocycles. The van der Waals surface area contributed by atoms with Crippen LogP contribution in [0.2, 0.25) is 5.02 Å². The maximum absolute atomic E-state index is 13.5. The summed E-state index contributed by atoms with van der Waals surface area (Å²) in [6, 6.07) is 18.4. The largest absolute Gasteiger partial charge is 0.328 e. The first-order valence-corrected chi connectivity index (χ1v) is 10.2. The lowest BCUT2D eigenvalue weighted by Gasteiger charge is -2.40. The van der Waals surface area contributed by atoms with Gasteiger partial charge in [-0.15, -0.1) is 0 Å². The second-order valence-electron chi connectivity index (χ2n) is 7.57. The minimum atomic E-state index is -0.367. The van der Waals surface area contributed by atoms with E-state index in [1.165, 1.54) is 6.07 Å². The Morgan fingerprint density at radius 3 is 2.47 bits per heavy atom. The van der Waals surface area contributed by atoms with Crippen LogP contribution in [0, 0.1) is 6.92 Å². The first-order valence-electron chi connectivity index (χ1n) is 9.85. The average Bonchev–Trinajstić information content (AvgIpc) is 2.75. The van der Waals surface area contributed by atoms with E-state index >= 15 is 0 Å². The number of benzene rings is 2. The molecule has 1 aliphatic heterocycles. The predicted octanol–water partition coefficient (Wildman–Crippen LogP) is 3.32. The van der Waals surface area contributed by atoms with E-state index in [-0.39, 0.29) is 23.1 Å². The smallest absolute Gasteiger partial charge is 0.279 e. The molecule has 1 fully saturated rings. The number of amides is 1. The van der Waals surface area contributed by atoms with Crippen LogP contribution < -0.4 is 5.43 Å². The van der Waals surface area contributed by atoms with E-state index in [9.17, 15) is 9.59 Å². The number of rotatable bonds is 3. The highest BCUT2D eigenvalue weighted by atomic mass is 35.5. The number of carbonyl (C=O) groups is 1. The Morgan fingerprint density at radius 2 is 1.77 bits per heavy atom. The van der Waals surface area contributed by atoms with Crippen LogP contribution in [0.25, 0.3) is 5.69 Å². The Hall–Kier alpha value is -2.96. The van der Waals surface area contributed by atoms with E-state index in [0.29, 0.717) is 23.8 Å². The van der Waals surface area contributed by atoms with E-state index < -0.39 is 0 Å². The van der Waals surface area contributed by atoms with Crippen LogP contribution in [0.3, 0.4) is 0 Å². The molecular formula is C23H23ClN4O2. The van der Waals surface area contributed by atoms with Crippen molar-refractivity contribution >= 4 is 17.5 Å². The van der Waals surface area contributed by atoms with Gasteiger partial charge in [0.25, 0.3) is 5.91 Å². The number of hydrogen-bond acceptors (Lipinski definition) is 4. The summed E-state index contributed by atoms with van der Waals surface area (Å²) >= 11 is 5.99. The molecule has 1 aliphatic rings. The van der Waals surface area contributed by atoms with Gasteiger partial charge in [-0.1, -0.05) is 41.9 Å². The lowest BCUT2D eigenvalue weighted by Crippen LogP contribution is -2.50. The number of nitrogens with zero attached hydrogens (tertiary/aromatic N) is 4. The van der Waals surface area contributed by atoms with Crippen LogP contribution in [0.5, 0.6) is 0 Å². The van der Waals surface area contributed by atoms with Crippen molar-refractivity contribution in [2.75, 3.05) is 26.7 Å². The standard InChI is InChI=1S/C23H23ClN4O2/c1-16-14-21(29)22(25-28(16)19-10-8-18(24)9-11-19)23(30)27-13-12-26(2)15-20(27)17-6-4-3-5-7-17/h3-11,14,20H,12-13,15H2,1-2H3. The van der Waals surface area contributed by atoms with Crippen LogP contribution in [-0.4, -0.2) is 52.2 Å². The molecule has 7 heteroatoms. The molecule has 0 bridgehead atoms. The van der Waals surface area contributed by atoms with Crippen molar-refractivity contribution in [3.05, 3.63) is 92.9 Å². The second-order valence-corrected chi connectivity index (χ2v) is 8.01. The number of piperazine rings is 1. The van der Waals surface area contributed by atoms with Crippen molar-refractivity contribution in [2.45, 2.75) is 13.0 Å². The van der Waals surface area contributed by atoms with E-state index in [2.05, 4.69) is 10.00 Å². The summed E-state index contributed by atoms with van der Waals surface area (Å²) in [6.45, 7) is 3.77. The fraction of sp³-hybridized carbons (Fsp3) is 0.261. The summed E-state index contributed by atoms with van der Waals surface area (Å²) in [6.07, 6.45) is 0. The van der Waals surface area contributed by atoms with Gasteiger partial charge in [-0.25, -0.2) is 4.68 Å². The molecule has 1 saturated heterocycles. The molecule has 6 nitrogen and oxygen atoms in total. The van der Waals surface area contributed by atoms with Gasteiger partial charge < -0.3 is 9.80 Å². The summed E-state index contributed by atoms with van der Waals surface area (Å²) in [5.74, 6) is -0.343. The van der Waals surface area contributed by atoms with Gasteiger partial charge in [-0.05, 0) is 43.8 Å². The van der Waals surface area contributed by atoms with Crippen molar-refractivity contribution < 1.29 is 4.79 Å². The van der Waals surface area contributed by atoms with Gasteiger partial charge >= 0.3 is 0 Å². The third-order valence-corrected chi connectivity index (χ3v) is 5.66. The molecule has 0 saturated carbocycles. The van der Waals surface area contributed by atoms with Gasteiger partial charge in [0.1, 0.15) is 0 Å². The molecular weight excluding hydrogens is 400 g/mol. The molecule has 0 aliphatic carbocycles. The Balaban J connectivity index is 1.74. The molecule has 1 amide bonds. The first kappa shape index (κ1) is 20.3.